The lowest BCUT2D eigenvalue weighted by atomic mass is 10.8. The van der Waals surface area contributed by atoms with Crippen LogP contribution < -0.4 is 0 Å². The minimum Gasteiger partial charge on any atom is -0.481 e. The molecule has 7 heavy (non-hydrogen) atoms. The summed E-state index contributed by atoms with van der Waals surface area (Å²) in [5, 5.41) is 6.38. The van der Waals surface area contributed by atoms with E-state index in [0.717, 1.165) is 6.40 Å². The number of ether oxygens (including phenoxy) is 2. The van der Waals surface area contributed by atoms with E-state index < -0.39 is 0 Å². The summed E-state index contributed by atoms with van der Waals surface area (Å²) in [4.78, 5) is 0. The van der Waals surface area contributed by atoms with Crippen molar-refractivity contribution in [3.8, 4) is 0 Å². The minimum absolute atomic E-state index is 0.472. The number of nitrogens with one attached hydrogen (secondary N) is 1. The number of hydrogen-bond acceptors (Lipinski definition) is 3. The van der Waals surface area contributed by atoms with Gasteiger partial charge in [0, 0.05) is 7.11 Å². The molecule has 0 saturated heterocycles. The lowest BCUT2D eigenvalue weighted by molar-refractivity contribution is 0.144. The number of hydrogen-bond donors (Lipinski definition) is 1. The highest BCUT2D eigenvalue weighted by molar-refractivity contribution is 5.40. The lowest BCUT2D eigenvalue weighted by Crippen LogP contribution is -1.98. The summed E-state index contributed by atoms with van der Waals surface area (Å²) in [6, 6.07) is 0. The summed E-state index contributed by atoms with van der Waals surface area (Å²) in [5.74, 6) is 0. The molecule has 0 bridgehead atoms. The van der Waals surface area contributed by atoms with Crippen LogP contribution in [0.25, 0.3) is 0 Å². The zero-order chi connectivity index (χ0) is 5.54. The monoisotopic (exact) mass is 103 g/mol. The summed E-state index contributed by atoms with van der Waals surface area (Å²) in [6.45, 7) is 1.02. The quantitative estimate of drug-likeness (QED) is 0.315. The predicted octanol–water partition coefficient (Wildman–Crippen LogP) is 0.256. The molecule has 0 aliphatic heterocycles. The molecule has 3 nitrogen and oxygen atoms in total. The van der Waals surface area contributed by atoms with Crippen LogP contribution in [0, 0.1) is 5.41 Å². The Kier molecular flexibility index (Phi) is 4.99. The Balaban J connectivity index is 2.56. The predicted molar refractivity (Wildman–Crippen MR) is 26.6 cm³/mol. The smallest absolute Gasteiger partial charge is 0.166 e. The Labute approximate surface area is 42.7 Å². The molecule has 0 aliphatic carbocycles. The maximum atomic E-state index is 6.38. The van der Waals surface area contributed by atoms with E-state index in [0.29, 0.717) is 13.2 Å². The van der Waals surface area contributed by atoms with E-state index in [1.54, 1.807) is 7.11 Å². The second kappa shape index (κ2) is 5.43. The molecule has 3 heteroatoms. The Morgan fingerprint density at radius 2 is 2.29 bits per heavy atom. The van der Waals surface area contributed by atoms with Crippen LogP contribution >= 0.6 is 0 Å². The molecule has 0 aromatic rings. The van der Waals surface area contributed by atoms with E-state index in [1.807, 2.05) is 0 Å². The summed E-state index contributed by atoms with van der Waals surface area (Å²) >= 11 is 0. The van der Waals surface area contributed by atoms with Crippen molar-refractivity contribution in [1.29, 1.82) is 5.41 Å². The third-order valence-corrected chi connectivity index (χ3v) is 0.489. The highest BCUT2D eigenvalue weighted by Gasteiger charge is 1.76. The molecule has 0 aromatic heterocycles. The molecule has 0 aliphatic rings. The molecule has 0 amide bonds. The normalized spacial score (nSPS) is 8.14. The highest BCUT2D eigenvalue weighted by Crippen LogP contribution is 1.67. The molecule has 0 unspecified atom stereocenters. The zero-order valence-corrected chi connectivity index (χ0v) is 4.31. The van der Waals surface area contributed by atoms with Gasteiger partial charge in [0.05, 0.1) is 6.61 Å². The van der Waals surface area contributed by atoms with Crippen molar-refractivity contribution in [2.24, 2.45) is 0 Å². The molecule has 0 aromatic carbocycles. The average Bonchev–Trinajstić information content (AvgIpc) is 1.69. The molecular formula is C4H9NO2. The molecule has 0 fully saturated rings. The van der Waals surface area contributed by atoms with Gasteiger partial charge in [0.15, 0.2) is 6.40 Å². The van der Waals surface area contributed by atoms with Crippen LogP contribution in [0.4, 0.5) is 0 Å². The largest absolute Gasteiger partial charge is 0.481 e. The summed E-state index contributed by atoms with van der Waals surface area (Å²) in [6.07, 6.45) is 0.902. The van der Waals surface area contributed by atoms with Gasteiger partial charge in [0.2, 0.25) is 0 Å². The van der Waals surface area contributed by atoms with Gasteiger partial charge in [0.25, 0.3) is 0 Å². The van der Waals surface area contributed by atoms with E-state index in [9.17, 15) is 0 Å². The molecule has 0 spiro atoms. The van der Waals surface area contributed by atoms with Crippen molar-refractivity contribution in [2.45, 2.75) is 0 Å². The molecule has 1 N–H and O–H groups in total. The van der Waals surface area contributed by atoms with Gasteiger partial charge >= 0.3 is 0 Å². The van der Waals surface area contributed by atoms with Crippen molar-refractivity contribution in [3.63, 3.8) is 0 Å². The Hall–Kier alpha value is -0.570. The van der Waals surface area contributed by atoms with Crippen LogP contribution in [0.1, 0.15) is 0 Å². The zero-order valence-electron chi connectivity index (χ0n) is 4.31. The fourth-order valence-electron chi connectivity index (χ4n) is 0.190. The van der Waals surface area contributed by atoms with E-state index in [2.05, 4.69) is 9.47 Å². The number of rotatable bonds is 4. The second-order valence-corrected chi connectivity index (χ2v) is 0.981. The van der Waals surface area contributed by atoms with Gasteiger partial charge in [-0.15, -0.1) is 0 Å². The van der Waals surface area contributed by atoms with Gasteiger partial charge in [-0.05, 0) is 0 Å². The third-order valence-electron chi connectivity index (χ3n) is 0.489. The molecule has 0 heterocycles. The maximum Gasteiger partial charge on any atom is 0.166 e. The summed E-state index contributed by atoms with van der Waals surface area (Å²) in [7, 11) is 1.59. The van der Waals surface area contributed by atoms with Gasteiger partial charge in [-0.1, -0.05) is 0 Å². The van der Waals surface area contributed by atoms with Gasteiger partial charge in [0.1, 0.15) is 6.61 Å². The fraction of sp³-hybridized carbons (Fsp3) is 0.750. The molecule has 42 valence electrons. The summed E-state index contributed by atoms with van der Waals surface area (Å²) < 4.78 is 9.11. The average molecular weight is 103 g/mol. The standard InChI is InChI=1S/C4H9NO2/c1-6-2-3-7-4-5/h4-5H,2-3H2,1H3. The summed E-state index contributed by atoms with van der Waals surface area (Å²) in [5.41, 5.74) is 0. The second-order valence-electron chi connectivity index (χ2n) is 0.981. The first-order chi connectivity index (χ1) is 3.41. The maximum absolute atomic E-state index is 6.38. The van der Waals surface area contributed by atoms with Crippen molar-refractivity contribution in [2.75, 3.05) is 20.3 Å². The van der Waals surface area contributed by atoms with Crippen molar-refractivity contribution >= 4 is 6.40 Å². The first-order valence-electron chi connectivity index (χ1n) is 2.01. The van der Waals surface area contributed by atoms with Crippen molar-refractivity contribution < 1.29 is 9.47 Å². The fourth-order valence-corrected chi connectivity index (χ4v) is 0.190. The third kappa shape index (κ3) is 5.43. The van der Waals surface area contributed by atoms with Crippen LogP contribution in [0.5, 0.6) is 0 Å². The van der Waals surface area contributed by atoms with E-state index in [-0.39, 0.29) is 0 Å². The van der Waals surface area contributed by atoms with Crippen LogP contribution in [0.15, 0.2) is 0 Å². The number of methoxy groups -OCH3 is 1. The van der Waals surface area contributed by atoms with Crippen LogP contribution in [-0.2, 0) is 9.47 Å². The SMILES string of the molecule is COCCOC=N. The van der Waals surface area contributed by atoms with E-state index >= 15 is 0 Å². The van der Waals surface area contributed by atoms with Crippen LogP contribution in [0.2, 0.25) is 0 Å². The van der Waals surface area contributed by atoms with Gasteiger partial charge in [-0.25, -0.2) is 0 Å². The minimum atomic E-state index is 0.472. The van der Waals surface area contributed by atoms with Gasteiger partial charge in [-0.3, -0.25) is 5.41 Å². The van der Waals surface area contributed by atoms with E-state index in [1.165, 1.54) is 0 Å². The first kappa shape index (κ1) is 6.43. The Morgan fingerprint density at radius 1 is 1.57 bits per heavy atom. The molecule has 0 atom stereocenters. The Bertz CT molecular complexity index is 47.0. The highest BCUT2D eigenvalue weighted by atomic mass is 16.5. The van der Waals surface area contributed by atoms with Crippen LogP contribution in [0.3, 0.4) is 0 Å². The molecule has 0 saturated carbocycles. The van der Waals surface area contributed by atoms with Gasteiger partial charge in [-0.2, -0.15) is 0 Å². The first-order valence-corrected chi connectivity index (χ1v) is 2.01. The molecular weight excluding hydrogens is 94.0 g/mol. The Morgan fingerprint density at radius 3 is 2.71 bits per heavy atom. The van der Waals surface area contributed by atoms with E-state index in [4.69, 9.17) is 5.41 Å². The van der Waals surface area contributed by atoms with Gasteiger partial charge < -0.3 is 9.47 Å². The topological polar surface area (TPSA) is 42.3 Å². The molecule has 0 rings (SSSR count). The van der Waals surface area contributed by atoms with Crippen molar-refractivity contribution in [3.05, 3.63) is 0 Å². The molecule has 0 radical (unpaired) electrons. The van der Waals surface area contributed by atoms with Crippen LogP contribution in [-0.4, -0.2) is 26.7 Å². The van der Waals surface area contributed by atoms with Crippen molar-refractivity contribution in [1.82, 2.24) is 0 Å². The lowest BCUT2D eigenvalue weighted by Gasteiger charge is -1.94.